The SMILES string of the molecule is C1CCCCCC(Nc2nc(NC3CCCCCCCCC3)nc(C3CCCCCCCC3)n2)CCCC1. The van der Waals surface area contributed by atoms with E-state index in [1.54, 1.807) is 0 Å². The first-order chi connectivity index (χ1) is 18.9. The van der Waals surface area contributed by atoms with Crippen LogP contribution in [0.1, 0.15) is 185 Å². The molecule has 3 saturated carbocycles. The standard InChI is InChI=1S/C33H59N5/c1-2-5-13-19-25-29(24-18-12-4-1)34-32-36-31(28-22-16-10-8-9-11-17-23-28)37-33(38-32)35-30-26-20-14-6-3-7-15-21-27-30/h28-30H,1-27H2,(H2,34,35,36,37,38). The summed E-state index contributed by atoms with van der Waals surface area (Å²) in [6.07, 6.45) is 36.3. The van der Waals surface area contributed by atoms with Crippen molar-refractivity contribution in [3.63, 3.8) is 0 Å². The summed E-state index contributed by atoms with van der Waals surface area (Å²) in [5.74, 6) is 3.23. The van der Waals surface area contributed by atoms with Crippen molar-refractivity contribution in [3.8, 4) is 0 Å². The second-order valence-electron chi connectivity index (χ2n) is 12.9. The Kier molecular flexibility index (Phi) is 14.1. The Morgan fingerprint density at radius 2 is 0.632 bits per heavy atom. The molecule has 0 amide bonds. The van der Waals surface area contributed by atoms with Gasteiger partial charge in [-0.05, 0) is 38.5 Å². The molecule has 1 aromatic rings. The number of nitrogens with zero attached hydrogens (tertiary/aromatic N) is 3. The van der Waals surface area contributed by atoms with Gasteiger partial charge in [-0.1, -0.05) is 135 Å². The fourth-order valence-electron chi connectivity index (χ4n) is 7.05. The molecule has 0 unspecified atom stereocenters. The molecule has 5 heteroatoms. The van der Waals surface area contributed by atoms with E-state index >= 15 is 0 Å². The van der Waals surface area contributed by atoms with E-state index in [-0.39, 0.29) is 0 Å². The summed E-state index contributed by atoms with van der Waals surface area (Å²) in [7, 11) is 0. The lowest BCUT2D eigenvalue weighted by Gasteiger charge is -2.23. The Morgan fingerprint density at radius 3 is 0.974 bits per heavy atom. The minimum Gasteiger partial charge on any atom is -0.351 e. The number of rotatable bonds is 5. The molecule has 0 spiro atoms. The van der Waals surface area contributed by atoms with E-state index < -0.39 is 0 Å². The lowest BCUT2D eigenvalue weighted by atomic mass is 9.96. The zero-order chi connectivity index (χ0) is 26.1. The molecule has 3 fully saturated rings. The van der Waals surface area contributed by atoms with Gasteiger partial charge in [-0.2, -0.15) is 15.0 Å². The average Bonchev–Trinajstić information content (AvgIpc) is 3.03. The Hall–Kier alpha value is -1.39. The van der Waals surface area contributed by atoms with Gasteiger partial charge in [0.05, 0.1) is 0 Å². The van der Waals surface area contributed by atoms with Gasteiger partial charge in [0.1, 0.15) is 5.82 Å². The van der Waals surface area contributed by atoms with Gasteiger partial charge in [-0.3, -0.25) is 0 Å². The smallest absolute Gasteiger partial charge is 0.227 e. The lowest BCUT2D eigenvalue weighted by Crippen LogP contribution is -2.25. The van der Waals surface area contributed by atoms with Crippen molar-refractivity contribution in [2.75, 3.05) is 10.6 Å². The van der Waals surface area contributed by atoms with Crippen LogP contribution in [0.5, 0.6) is 0 Å². The highest BCUT2D eigenvalue weighted by Crippen LogP contribution is 2.30. The van der Waals surface area contributed by atoms with Gasteiger partial charge < -0.3 is 10.6 Å². The minimum absolute atomic E-state index is 0.480. The van der Waals surface area contributed by atoms with Crippen LogP contribution in [0.3, 0.4) is 0 Å². The molecule has 4 rings (SSSR count). The largest absolute Gasteiger partial charge is 0.351 e. The zero-order valence-electron chi connectivity index (χ0n) is 24.7. The molecule has 0 saturated heterocycles. The van der Waals surface area contributed by atoms with Crippen LogP contribution in [0.15, 0.2) is 0 Å². The van der Waals surface area contributed by atoms with Crippen molar-refractivity contribution < 1.29 is 0 Å². The Bertz CT molecular complexity index is 721. The number of nitrogens with one attached hydrogen (secondary N) is 2. The van der Waals surface area contributed by atoms with Crippen molar-refractivity contribution in [1.29, 1.82) is 0 Å². The molecule has 3 aliphatic carbocycles. The van der Waals surface area contributed by atoms with E-state index in [4.69, 9.17) is 15.0 Å². The Balaban J connectivity index is 1.50. The van der Waals surface area contributed by atoms with Crippen LogP contribution in [0.2, 0.25) is 0 Å². The fraction of sp³-hybridized carbons (Fsp3) is 0.909. The average molecular weight is 526 g/mol. The molecule has 0 aromatic carbocycles. The van der Waals surface area contributed by atoms with E-state index in [1.165, 1.54) is 173 Å². The second-order valence-corrected chi connectivity index (χ2v) is 12.9. The van der Waals surface area contributed by atoms with Crippen LogP contribution in [0, 0.1) is 0 Å². The van der Waals surface area contributed by atoms with Gasteiger partial charge in [0.2, 0.25) is 11.9 Å². The van der Waals surface area contributed by atoms with Gasteiger partial charge in [0.25, 0.3) is 0 Å². The lowest BCUT2D eigenvalue weighted by molar-refractivity contribution is 0.473. The summed E-state index contributed by atoms with van der Waals surface area (Å²) in [5, 5.41) is 7.69. The summed E-state index contributed by atoms with van der Waals surface area (Å²) in [5.41, 5.74) is 0. The number of anilines is 2. The Labute approximate surface area is 234 Å². The van der Waals surface area contributed by atoms with E-state index in [9.17, 15) is 0 Å². The van der Waals surface area contributed by atoms with Gasteiger partial charge in [-0.15, -0.1) is 0 Å². The van der Waals surface area contributed by atoms with E-state index in [0.717, 1.165) is 17.7 Å². The van der Waals surface area contributed by atoms with Gasteiger partial charge in [0.15, 0.2) is 0 Å². The maximum absolute atomic E-state index is 5.15. The molecule has 1 aromatic heterocycles. The first kappa shape index (κ1) is 29.6. The van der Waals surface area contributed by atoms with Crippen LogP contribution < -0.4 is 10.6 Å². The van der Waals surface area contributed by atoms with Crippen LogP contribution >= 0.6 is 0 Å². The molecule has 1 heterocycles. The van der Waals surface area contributed by atoms with Crippen LogP contribution in [0.4, 0.5) is 11.9 Å². The zero-order valence-corrected chi connectivity index (χ0v) is 24.7. The van der Waals surface area contributed by atoms with Gasteiger partial charge in [-0.25, -0.2) is 0 Å². The predicted octanol–water partition coefficient (Wildman–Crippen LogP) is 10.1. The molecule has 5 nitrogen and oxygen atoms in total. The molecule has 0 radical (unpaired) electrons. The topological polar surface area (TPSA) is 62.7 Å². The Morgan fingerprint density at radius 1 is 0.342 bits per heavy atom. The third-order valence-electron chi connectivity index (χ3n) is 9.50. The van der Waals surface area contributed by atoms with Gasteiger partial charge >= 0.3 is 0 Å². The highest BCUT2D eigenvalue weighted by atomic mass is 15.2. The van der Waals surface area contributed by atoms with Crippen LogP contribution in [-0.2, 0) is 0 Å². The molecule has 2 N–H and O–H groups in total. The monoisotopic (exact) mass is 525 g/mol. The van der Waals surface area contributed by atoms with E-state index in [0.29, 0.717) is 18.0 Å². The van der Waals surface area contributed by atoms with Crippen LogP contribution in [-0.4, -0.2) is 27.0 Å². The highest BCUT2D eigenvalue weighted by molar-refractivity contribution is 5.36. The molecule has 3 aliphatic rings. The molecule has 0 aliphatic heterocycles. The molecule has 216 valence electrons. The molecular weight excluding hydrogens is 466 g/mol. The minimum atomic E-state index is 0.480. The number of aromatic nitrogens is 3. The maximum Gasteiger partial charge on any atom is 0.227 e. The fourth-order valence-corrected chi connectivity index (χ4v) is 7.05. The molecule has 38 heavy (non-hydrogen) atoms. The van der Waals surface area contributed by atoms with E-state index in [1.807, 2.05) is 0 Å². The summed E-state index contributed by atoms with van der Waals surface area (Å²) >= 11 is 0. The summed E-state index contributed by atoms with van der Waals surface area (Å²) < 4.78 is 0. The van der Waals surface area contributed by atoms with Crippen molar-refractivity contribution in [2.24, 2.45) is 0 Å². The van der Waals surface area contributed by atoms with Crippen LogP contribution in [0.25, 0.3) is 0 Å². The molecule has 0 bridgehead atoms. The summed E-state index contributed by atoms with van der Waals surface area (Å²) in [4.78, 5) is 15.3. The first-order valence-electron chi connectivity index (χ1n) is 17.2. The highest BCUT2D eigenvalue weighted by Gasteiger charge is 2.21. The predicted molar refractivity (Wildman–Crippen MR) is 162 cm³/mol. The number of hydrogen-bond acceptors (Lipinski definition) is 5. The van der Waals surface area contributed by atoms with Crippen molar-refractivity contribution in [1.82, 2.24) is 15.0 Å². The normalized spacial score (nSPS) is 23.8. The van der Waals surface area contributed by atoms with Crippen molar-refractivity contribution in [2.45, 2.75) is 191 Å². The molecular formula is C33H59N5. The second kappa shape index (κ2) is 18.1. The van der Waals surface area contributed by atoms with E-state index in [2.05, 4.69) is 10.6 Å². The summed E-state index contributed by atoms with van der Waals surface area (Å²) in [6.45, 7) is 0. The quantitative estimate of drug-likeness (QED) is 0.400. The summed E-state index contributed by atoms with van der Waals surface area (Å²) in [6, 6.07) is 0.986. The number of hydrogen-bond donors (Lipinski definition) is 2. The first-order valence-corrected chi connectivity index (χ1v) is 17.2. The maximum atomic E-state index is 5.15. The van der Waals surface area contributed by atoms with Gasteiger partial charge in [0, 0.05) is 18.0 Å². The molecule has 0 atom stereocenters. The van der Waals surface area contributed by atoms with Crippen molar-refractivity contribution in [3.05, 3.63) is 5.82 Å². The third-order valence-corrected chi connectivity index (χ3v) is 9.50. The van der Waals surface area contributed by atoms with Crippen molar-refractivity contribution >= 4 is 11.9 Å². The third kappa shape index (κ3) is 11.4.